The minimum Gasteiger partial charge on any atom is -0.443 e. The Balaban J connectivity index is 1.42. The van der Waals surface area contributed by atoms with Gasteiger partial charge in [-0.25, -0.2) is 14.5 Å². The third kappa shape index (κ3) is 4.48. The minimum atomic E-state index is -0.641. The van der Waals surface area contributed by atoms with Crippen molar-refractivity contribution in [2.24, 2.45) is 0 Å². The van der Waals surface area contributed by atoms with Gasteiger partial charge in [0, 0.05) is 13.6 Å². The molecule has 3 heterocycles. The van der Waals surface area contributed by atoms with Gasteiger partial charge in [-0.15, -0.1) is 5.10 Å². The standard InChI is InChI=1S/C21H27N5O5/c1-21(2,3)31-20(28)24(4)18-23-22-17(30-18)16-11-10-15-12-25(16)19(27)26(15)29-13-14-8-6-5-7-9-14/h5-9,15-16H,10-13H2,1-4H3/t15-,16+/m1/s1. The molecule has 2 aliphatic heterocycles. The molecule has 2 saturated heterocycles. The number of piperidine rings is 1. The van der Waals surface area contributed by atoms with E-state index in [9.17, 15) is 9.59 Å². The number of anilines is 1. The minimum absolute atomic E-state index is 0.0145. The number of fused-ring (bicyclic) bond motifs is 2. The van der Waals surface area contributed by atoms with E-state index in [2.05, 4.69) is 10.2 Å². The summed E-state index contributed by atoms with van der Waals surface area (Å²) in [6.45, 7) is 6.19. The molecule has 10 nitrogen and oxygen atoms in total. The Hall–Kier alpha value is -3.14. The Morgan fingerprint density at radius 2 is 1.97 bits per heavy atom. The van der Waals surface area contributed by atoms with Crippen molar-refractivity contribution >= 4 is 18.1 Å². The van der Waals surface area contributed by atoms with Crippen LogP contribution in [0.3, 0.4) is 0 Å². The van der Waals surface area contributed by atoms with Crippen molar-refractivity contribution in [3.8, 4) is 0 Å². The maximum absolute atomic E-state index is 13.0. The van der Waals surface area contributed by atoms with Gasteiger partial charge in [0.05, 0.1) is 6.04 Å². The van der Waals surface area contributed by atoms with Gasteiger partial charge in [0.1, 0.15) is 18.2 Å². The van der Waals surface area contributed by atoms with E-state index in [1.807, 2.05) is 30.3 Å². The van der Waals surface area contributed by atoms with Gasteiger partial charge in [-0.2, -0.15) is 5.06 Å². The van der Waals surface area contributed by atoms with Gasteiger partial charge in [0.15, 0.2) is 0 Å². The molecule has 0 spiro atoms. The van der Waals surface area contributed by atoms with E-state index in [0.717, 1.165) is 16.9 Å². The number of nitrogens with zero attached hydrogens (tertiary/aromatic N) is 5. The van der Waals surface area contributed by atoms with Gasteiger partial charge < -0.3 is 14.1 Å². The largest absolute Gasteiger partial charge is 0.443 e. The SMILES string of the molecule is CN(C(=O)OC(C)(C)C)c1nnc([C@@H]2CC[C@@H]3CN2C(=O)N3OCc2ccccc2)o1. The Morgan fingerprint density at radius 3 is 2.68 bits per heavy atom. The Bertz CT molecular complexity index is 941. The van der Waals surface area contributed by atoms with E-state index in [1.54, 1.807) is 25.7 Å². The zero-order valence-corrected chi connectivity index (χ0v) is 18.1. The lowest BCUT2D eigenvalue weighted by atomic mass is 10.0. The van der Waals surface area contributed by atoms with Crippen molar-refractivity contribution in [1.29, 1.82) is 0 Å². The van der Waals surface area contributed by atoms with E-state index in [0.29, 0.717) is 25.5 Å². The van der Waals surface area contributed by atoms with Gasteiger partial charge in [0.2, 0.25) is 5.89 Å². The number of carbonyl (C=O) groups excluding carboxylic acids is 2. The molecule has 0 radical (unpaired) electrons. The van der Waals surface area contributed by atoms with Crippen LogP contribution in [0.4, 0.5) is 15.6 Å². The normalized spacial score (nSPS) is 20.8. The van der Waals surface area contributed by atoms with E-state index >= 15 is 0 Å². The predicted molar refractivity (Wildman–Crippen MR) is 110 cm³/mol. The number of hydroxylamine groups is 2. The molecule has 0 aliphatic carbocycles. The average Bonchev–Trinajstić information content (AvgIpc) is 3.30. The topological polar surface area (TPSA) is 101 Å². The maximum Gasteiger partial charge on any atom is 0.418 e. The fourth-order valence-electron chi connectivity index (χ4n) is 3.68. The molecule has 10 heteroatoms. The summed E-state index contributed by atoms with van der Waals surface area (Å²) >= 11 is 0. The van der Waals surface area contributed by atoms with Gasteiger partial charge in [-0.1, -0.05) is 35.4 Å². The number of carbonyl (C=O) groups is 2. The molecule has 1 aromatic heterocycles. The average molecular weight is 429 g/mol. The van der Waals surface area contributed by atoms with Crippen LogP contribution in [-0.4, -0.2) is 57.5 Å². The van der Waals surface area contributed by atoms with Crippen LogP contribution in [0.15, 0.2) is 34.7 Å². The molecular weight excluding hydrogens is 402 g/mol. The van der Waals surface area contributed by atoms with Crippen LogP contribution in [0.1, 0.15) is 51.1 Å². The smallest absolute Gasteiger partial charge is 0.418 e. The molecular formula is C21H27N5O5. The number of urea groups is 1. The summed E-state index contributed by atoms with van der Waals surface area (Å²) < 4.78 is 11.1. The van der Waals surface area contributed by atoms with Crippen molar-refractivity contribution in [2.45, 2.75) is 57.9 Å². The van der Waals surface area contributed by atoms with Crippen LogP contribution >= 0.6 is 0 Å². The summed E-state index contributed by atoms with van der Waals surface area (Å²) in [5, 5.41) is 9.52. The summed E-state index contributed by atoms with van der Waals surface area (Å²) in [6, 6.07) is 9.15. The lowest BCUT2D eigenvalue weighted by molar-refractivity contribution is -0.140. The highest BCUT2D eigenvalue weighted by atomic mass is 16.7. The summed E-state index contributed by atoms with van der Waals surface area (Å²) in [5.41, 5.74) is 0.354. The van der Waals surface area contributed by atoms with Crippen molar-refractivity contribution in [2.75, 3.05) is 18.5 Å². The molecule has 0 N–H and O–H groups in total. The van der Waals surface area contributed by atoms with Crippen molar-refractivity contribution in [3.05, 3.63) is 41.8 Å². The number of aromatic nitrogens is 2. The second-order valence-corrected chi connectivity index (χ2v) is 8.73. The summed E-state index contributed by atoms with van der Waals surface area (Å²) in [7, 11) is 1.50. The van der Waals surface area contributed by atoms with Crippen molar-refractivity contribution < 1.29 is 23.6 Å². The molecule has 4 rings (SSSR count). The van der Waals surface area contributed by atoms with Gasteiger partial charge in [-0.05, 0) is 39.2 Å². The molecule has 2 aliphatic rings. The Labute approximate surface area is 180 Å². The highest BCUT2D eigenvalue weighted by molar-refractivity contribution is 5.84. The second kappa shape index (κ2) is 8.18. The zero-order valence-electron chi connectivity index (χ0n) is 18.1. The first-order chi connectivity index (χ1) is 14.7. The van der Waals surface area contributed by atoms with Crippen LogP contribution < -0.4 is 4.90 Å². The molecule has 2 aromatic rings. The highest BCUT2D eigenvalue weighted by Gasteiger charge is 2.48. The summed E-state index contributed by atoms with van der Waals surface area (Å²) in [5.74, 6) is 0.294. The Kier molecular flexibility index (Phi) is 5.57. The number of ether oxygens (including phenoxy) is 1. The quantitative estimate of drug-likeness (QED) is 0.717. The van der Waals surface area contributed by atoms with Gasteiger partial charge in [-0.3, -0.25) is 4.84 Å². The molecule has 2 atom stereocenters. The van der Waals surface area contributed by atoms with E-state index < -0.39 is 11.7 Å². The number of benzene rings is 1. The summed E-state index contributed by atoms with van der Waals surface area (Å²) in [6.07, 6.45) is 0.824. The van der Waals surface area contributed by atoms with Crippen LogP contribution in [0.5, 0.6) is 0 Å². The monoisotopic (exact) mass is 429 g/mol. The highest BCUT2D eigenvalue weighted by Crippen LogP contribution is 2.38. The molecule has 31 heavy (non-hydrogen) atoms. The lowest BCUT2D eigenvalue weighted by Crippen LogP contribution is -2.34. The summed E-state index contributed by atoms with van der Waals surface area (Å²) in [4.78, 5) is 33.9. The molecule has 2 bridgehead atoms. The van der Waals surface area contributed by atoms with Gasteiger partial charge in [0.25, 0.3) is 0 Å². The zero-order chi connectivity index (χ0) is 22.2. The third-order valence-electron chi connectivity index (χ3n) is 5.21. The first kappa shape index (κ1) is 21.1. The number of rotatable bonds is 5. The van der Waals surface area contributed by atoms with Crippen LogP contribution in [0, 0.1) is 0 Å². The molecule has 3 amide bonds. The molecule has 2 fully saturated rings. The van der Waals surface area contributed by atoms with Gasteiger partial charge >= 0.3 is 18.1 Å². The lowest BCUT2D eigenvalue weighted by Gasteiger charge is -2.27. The first-order valence-electron chi connectivity index (χ1n) is 10.3. The maximum atomic E-state index is 13.0. The second-order valence-electron chi connectivity index (χ2n) is 8.73. The van der Waals surface area contributed by atoms with Crippen molar-refractivity contribution in [1.82, 2.24) is 20.2 Å². The Morgan fingerprint density at radius 1 is 1.23 bits per heavy atom. The first-order valence-corrected chi connectivity index (χ1v) is 10.3. The molecule has 1 aromatic carbocycles. The van der Waals surface area contributed by atoms with E-state index in [1.165, 1.54) is 12.1 Å². The van der Waals surface area contributed by atoms with E-state index in [4.69, 9.17) is 14.0 Å². The number of amides is 3. The fourth-order valence-corrected chi connectivity index (χ4v) is 3.68. The number of hydrogen-bond acceptors (Lipinski definition) is 7. The fraction of sp³-hybridized carbons (Fsp3) is 0.524. The van der Waals surface area contributed by atoms with Crippen LogP contribution in [-0.2, 0) is 16.2 Å². The molecule has 166 valence electrons. The predicted octanol–water partition coefficient (Wildman–Crippen LogP) is 3.51. The third-order valence-corrected chi connectivity index (χ3v) is 5.21. The van der Waals surface area contributed by atoms with E-state index in [-0.39, 0.29) is 24.1 Å². The molecule has 0 saturated carbocycles. The van der Waals surface area contributed by atoms with Crippen LogP contribution in [0.25, 0.3) is 0 Å². The van der Waals surface area contributed by atoms with Crippen molar-refractivity contribution in [3.63, 3.8) is 0 Å². The number of hydrogen-bond donors (Lipinski definition) is 0. The van der Waals surface area contributed by atoms with Crippen LogP contribution in [0.2, 0.25) is 0 Å². The molecule has 0 unspecified atom stereocenters.